The first kappa shape index (κ1) is 16.3. The van der Waals surface area contributed by atoms with Crippen molar-refractivity contribution in [2.75, 3.05) is 5.75 Å². The van der Waals surface area contributed by atoms with Gasteiger partial charge in [-0.2, -0.15) is 0 Å². The molecule has 6 nitrogen and oxygen atoms in total. The van der Waals surface area contributed by atoms with Crippen LogP contribution in [0.5, 0.6) is 0 Å². The summed E-state index contributed by atoms with van der Waals surface area (Å²) in [4.78, 5) is 22.7. The first-order valence-corrected chi connectivity index (χ1v) is 9.34. The number of rotatable bonds is 5. The summed E-state index contributed by atoms with van der Waals surface area (Å²) in [5.74, 6) is -2.00. The predicted octanol–water partition coefficient (Wildman–Crippen LogP) is 1.10. The van der Waals surface area contributed by atoms with Crippen molar-refractivity contribution in [2.45, 2.75) is 62.7 Å². The number of carboxylic acid groups (broad SMARTS) is 1. The van der Waals surface area contributed by atoms with E-state index in [1.807, 2.05) is 0 Å². The maximum absolute atomic E-state index is 12.1. The van der Waals surface area contributed by atoms with Gasteiger partial charge in [0, 0.05) is 6.04 Å². The van der Waals surface area contributed by atoms with Gasteiger partial charge in [-0.3, -0.25) is 9.59 Å². The second-order valence-electron chi connectivity index (χ2n) is 6.17. The third-order valence-corrected chi connectivity index (χ3v) is 6.74. The van der Waals surface area contributed by atoms with Crippen LogP contribution in [0, 0.1) is 5.92 Å². The highest BCUT2D eigenvalue weighted by Gasteiger charge is 2.32. The molecule has 0 aromatic heterocycles. The largest absolute Gasteiger partial charge is 0.481 e. The molecule has 2 aliphatic rings. The summed E-state index contributed by atoms with van der Waals surface area (Å²) in [6.07, 6.45) is 5.46. The minimum absolute atomic E-state index is 0.0909. The fourth-order valence-electron chi connectivity index (χ4n) is 3.30. The number of carbonyl (C=O) groups is 2. The third kappa shape index (κ3) is 4.43. The molecule has 2 fully saturated rings. The SMILES string of the molecule is O=C(CS(=O)(=O)C1CCCC1)NC1CCC(C(=O)O)CC1. The van der Waals surface area contributed by atoms with E-state index in [1.54, 1.807) is 0 Å². The number of nitrogens with one attached hydrogen (secondary N) is 1. The molecular weight excluding hydrogens is 294 g/mol. The number of hydrogen-bond donors (Lipinski definition) is 2. The quantitative estimate of drug-likeness (QED) is 0.791. The van der Waals surface area contributed by atoms with Gasteiger partial charge in [-0.1, -0.05) is 12.8 Å². The van der Waals surface area contributed by atoms with Gasteiger partial charge in [0.15, 0.2) is 9.84 Å². The molecule has 2 N–H and O–H groups in total. The molecule has 0 atom stereocenters. The van der Waals surface area contributed by atoms with E-state index >= 15 is 0 Å². The van der Waals surface area contributed by atoms with Gasteiger partial charge >= 0.3 is 5.97 Å². The Labute approximate surface area is 125 Å². The van der Waals surface area contributed by atoms with Crippen LogP contribution in [0.3, 0.4) is 0 Å². The van der Waals surface area contributed by atoms with Gasteiger partial charge < -0.3 is 10.4 Å². The fourth-order valence-corrected chi connectivity index (χ4v) is 5.04. The van der Waals surface area contributed by atoms with Crippen molar-refractivity contribution in [1.82, 2.24) is 5.32 Å². The standard InChI is InChI=1S/C14H23NO5S/c16-13(9-21(19,20)12-3-1-2-4-12)15-11-7-5-10(6-8-11)14(17)18/h10-12H,1-9H2,(H,15,16)(H,17,18). The molecule has 0 aromatic rings. The van der Waals surface area contributed by atoms with Crippen LogP contribution < -0.4 is 5.32 Å². The smallest absolute Gasteiger partial charge is 0.306 e. The van der Waals surface area contributed by atoms with Crippen molar-refractivity contribution >= 4 is 21.7 Å². The van der Waals surface area contributed by atoms with E-state index in [9.17, 15) is 18.0 Å². The van der Waals surface area contributed by atoms with Crippen LogP contribution >= 0.6 is 0 Å². The van der Waals surface area contributed by atoms with E-state index in [4.69, 9.17) is 5.11 Å². The van der Waals surface area contributed by atoms with Gasteiger partial charge in [-0.15, -0.1) is 0 Å². The van der Waals surface area contributed by atoms with Crippen molar-refractivity contribution < 1.29 is 23.1 Å². The molecule has 0 bridgehead atoms. The molecule has 0 aliphatic heterocycles. The summed E-state index contributed by atoms with van der Waals surface area (Å²) < 4.78 is 24.2. The van der Waals surface area contributed by atoms with Crippen molar-refractivity contribution in [3.05, 3.63) is 0 Å². The summed E-state index contributed by atoms with van der Waals surface area (Å²) in [5.41, 5.74) is 0. The molecule has 21 heavy (non-hydrogen) atoms. The molecule has 0 radical (unpaired) electrons. The van der Waals surface area contributed by atoms with Crippen molar-refractivity contribution in [2.24, 2.45) is 5.92 Å². The lowest BCUT2D eigenvalue weighted by Gasteiger charge is -2.27. The van der Waals surface area contributed by atoms with Gasteiger partial charge in [-0.25, -0.2) is 8.42 Å². The second-order valence-corrected chi connectivity index (χ2v) is 8.45. The summed E-state index contributed by atoms with van der Waals surface area (Å²) in [5, 5.41) is 11.3. The van der Waals surface area contributed by atoms with E-state index in [0.29, 0.717) is 38.5 Å². The maximum Gasteiger partial charge on any atom is 0.306 e. The molecule has 2 saturated carbocycles. The number of sulfone groups is 1. The Bertz CT molecular complexity index is 487. The monoisotopic (exact) mass is 317 g/mol. The number of carboxylic acids is 1. The molecule has 1 amide bonds. The van der Waals surface area contributed by atoms with Crippen LogP contribution in [-0.2, 0) is 19.4 Å². The van der Waals surface area contributed by atoms with E-state index in [1.165, 1.54) is 0 Å². The van der Waals surface area contributed by atoms with Crippen LogP contribution in [0.4, 0.5) is 0 Å². The molecule has 0 aromatic carbocycles. The topological polar surface area (TPSA) is 101 Å². The third-order valence-electron chi connectivity index (χ3n) is 4.58. The zero-order valence-corrected chi connectivity index (χ0v) is 12.9. The first-order chi connectivity index (χ1) is 9.88. The van der Waals surface area contributed by atoms with Gasteiger partial charge in [0.05, 0.1) is 11.2 Å². The highest BCUT2D eigenvalue weighted by Crippen LogP contribution is 2.26. The Hall–Kier alpha value is -1.11. The Kier molecular flexibility index (Phi) is 5.24. The molecule has 2 aliphatic carbocycles. The van der Waals surface area contributed by atoms with E-state index in [0.717, 1.165) is 12.8 Å². The van der Waals surface area contributed by atoms with Crippen LogP contribution in [-0.4, -0.2) is 42.4 Å². The summed E-state index contributed by atoms with van der Waals surface area (Å²) in [7, 11) is -3.34. The average molecular weight is 317 g/mol. The summed E-state index contributed by atoms with van der Waals surface area (Å²) >= 11 is 0. The first-order valence-electron chi connectivity index (χ1n) is 7.62. The number of amides is 1. The van der Waals surface area contributed by atoms with Gasteiger partial charge in [0.2, 0.25) is 5.91 Å². The number of hydrogen-bond acceptors (Lipinski definition) is 4. The van der Waals surface area contributed by atoms with E-state index in [2.05, 4.69) is 5.32 Å². The maximum atomic E-state index is 12.1. The van der Waals surface area contributed by atoms with E-state index < -0.39 is 27.5 Å². The highest BCUT2D eigenvalue weighted by molar-refractivity contribution is 7.92. The second kappa shape index (κ2) is 6.77. The molecule has 0 spiro atoms. The van der Waals surface area contributed by atoms with Crippen LogP contribution in [0.15, 0.2) is 0 Å². The molecular formula is C14H23NO5S. The number of carbonyl (C=O) groups excluding carboxylic acids is 1. The Morgan fingerprint density at radius 1 is 1.00 bits per heavy atom. The van der Waals surface area contributed by atoms with Crippen molar-refractivity contribution in [3.8, 4) is 0 Å². The molecule has 7 heteroatoms. The van der Waals surface area contributed by atoms with Gasteiger partial charge in [-0.05, 0) is 38.5 Å². The van der Waals surface area contributed by atoms with Gasteiger partial charge in [0.25, 0.3) is 0 Å². The fraction of sp³-hybridized carbons (Fsp3) is 0.857. The lowest BCUT2D eigenvalue weighted by molar-refractivity contribution is -0.142. The molecule has 2 rings (SSSR count). The zero-order chi connectivity index (χ0) is 15.5. The normalized spacial score (nSPS) is 27.4. The zero-order valence-electron chi connectivity index (χ0n) is 12.1. The highest BCUT2D eigenvalue weighted by atomic mass is 32.2. The molecule has 120 valence electrons. The van der Waals surface area contributed by atoms with Crippen LogP contribution in [0.2, 0.25) is 0 Å². The summed E-state index contributed by atoms with van der Waals surface area (Å²) in [6, 6.07) is -0.0909. The minimum Gasteiger partial charge on any atom is -0.481 e. The molecule has 0 unspecified atom stereocenters. The minimum atomic E-state index is -3.34. The van der Waals surface area contributed by atoms with Crippen LogP contribution in [0.1, 0.15) is 51.4 Å². The van der Waals surface area contributed by atoms with E-state index in [-0.39, 0.29) is 17.2 Å². The molecule has 0 heterocycles. The Balaban J connectivity index is 1.78. The molecule has 0 saturated heterocycles. The Morgan fingerprint density at radius 3 is 2.10 bits per heavy atom. The average Bonchev–Trinajstić information content (AvgIpc) is 2.93. The lowest BCUT2D eigenvalue weighted by Crippen LogP contribution is -2.42. The lowest BCUT2D eigenvalue weighted by atomic mass is 9.86. The van der Waals surface area contributed by atoms with Gasteiger partial charge in [0.1, 0.15) is 5.75 Å². The number of aliphatic carboxylic acids is 1. The Morgan fingerprint density at radius 2 is 1.57 bits per heavy atom. The van der Waals surface area contributed by atoms with Crippen LogP contribution in [0.25, 0.3) is 0 Å². The van der Waals surface area contributed by atoms with Crippen molar-refractivity contribution in [1.29, 1.82) is 0 Å². The summed E-state index contributed by atoms with van der Waals surface area (Å²) in [6.45, 7) is 0. The van der Waals surface area contributed by atoms with Crippen molar-refractivity contribution in [3.63, 3.8) is 0 Å². The predicted molar refractivity (Wildman–Crippen MR) is 77.6 cm³/mol.